The van der Waals surface area contributed by atoms with Crippen LogP contribution in [0.25, 0.3) is 0 Å². The van der Waals surface area contributed by atoms with Crippen molar-refractivity contribution in [1.29, 1.82) is 0 Å². The van der Waals surface area contributed by atoms with Crippen LogP contribution in [0.4, 0.5) is 0 Å². The van der Waals surface area contributed by atoms with Gasteiger partial charge in [-0.1, -0.05) is 25.0 Å². The molecule has 1 saturated carbocycles. The highest BCUT2D eigenvalue weighted by molar-refractivity contribution is 5.85. The SMILES string of the molecule is COCC(N)C(=O)NC1(c2ccc(OC)cc2)CCCC1.Cl. The molecule has 0 bridgehead atoms. The van der Waals surface area contributed by atoms with Crippen LogP contribution in [0, 0.1) is 0 Å². The predicted octanol–water partition coefficient (Wildman–Crippen LogP) is 1.98. The van der Waals surface area contributed by atoms with Gasteiger partial charge < -0.3 is 20.5 Å². The maximum atomic E-state index is 12.2. The van der Waals surface area contributed by atoms with Crippen molar-refractivity contribution in [2.45, 2.75) is 37.3 Å². The van der Waals surface area contributed by atoms with Gasteiger partial charge in [0.15, 0.2) is 0 Å². The number of hydrogen-bond donors (Lipinski definition) is 2. The Labute approximate surface area is 138 Å². The average molecular weight is 329 g/mol. The molecule has 1 unspecified atom stereocenters. The van der Waals surface area contributed by atoms with Crippen LogP contribution in [-0.2, 0) is 15.1 Å². The van der Waals surface area contributed by atoms with Crippen LogP contribution in [0.15, 0.2) is 24.3 Å². The summed E-state index contributed by atoms with van der Waals surface area (Å²) in [5, 5.41) is 3.15. The molecule has 5 nitrogen and oxygen atoms in total. The van der Waals surface area contributed by atoms with Crippen LogP contribution in [0.5, 0.6) is 5.75 Å². The summed E-state index contributed by atoms with van der Waals surface area (Å²) in [7, 11) is 3.19. The second-order valence-electron chi connectivity index (χ2n) is 5.57. The number of carbonyl (C=O) groups is 1. The van der Waals surface area contributed by atoms with Gasteiger partial charge >= 0.3 is 0 Å². The predicted molar refractivity (Wildman–Crippen MR) is 88.4 cm³/mol. The lowest BCUT2D eigenvalue weighted by molar-refractivity contribution is -0.125. The summed E-state index contributed by atoms with van der Waals surface area (Å²) in [5.41, 5.74) is 6.63. The minimum absolute atomic E-state index is 0. The summed E-state index contributed by atoms with van der Waals surface area (Å²) >= 11 is 0. The Morgan fingerprint density at radius 3 is 2.36 bits per heavy atom. The third-order valence-electron chi connectivity index (χ3n) is 4.15. The minimum Gasteiger partial charge on any atom is -0.497 e. The fraction of sp³-hybridized carbons (Fsp3) is 0.562. The Morgan fingerprint density at radius 1 is 1.27 bits per heavy atom. The summed E-state index contributed by atoms with van der Waals surface area (Å²) in [4.78, 5) is 12.2. The molecule has 0 heterocycles. The van der Waals surface area contributed by atoms with E-state index in [9.17, 15) is 4.79 Å². The number of hydrogen-bond acceptors (Lipinski definition) is 4. The smallest absolute Gasteiger partial charge is 0.239 e. The van der Waals surface area contributed by atoms with Crippen LogP contribution >= 0.6 is 12.4 Å². The molecule has 1 fully saturated rings. The molecule has 0 spiro atoms. The highest BCUT2D eigenvalue weighted by atomic mass is 35.5. The quantitative estimate of drug-likeness (QED) is 0.837. The Hall–Kier alpha value is -1.30. The maximum absolute atomic E-state index is 12.2. The zero-order valence-corrected chi connectivity index (χ0v) is 13.9. The fourth-order valence-corrected chi connectivity index (χ4v) is 2.96. The van der Waals surface area contributed by atoms with Crippen LogP contribution in [0.3, 0.4) is 0 Å². The Morgan fingerprint density at radius 2 is 1.86 bits per heavy atom. The summed E-state index contributed by atoms with van der Waals surface area (Å²) < 4.78 is 10.1. The van der Waals surface area contributed by atoms with E-state index in [1.54, 1.807) is 14.2 Å². The van der Waals surface area contributed by atoms with Gasteiger partial charge in [0, 0.05) is 7.11 Å². The van der Waals surface area contributed by atoms with Gasteiger partial charge in [-0.05, 0) is 30.5 Å². The van der Waals surface area contributed by atoms with Crippen molar-refractivity contribution in [3.8, 4) is 5.75 Å². The number of halogens is 1. The molecule has 1 aromatic carbocycles. The fourth-order valence-electron chi connectivity index (χ4n) is 2.96. The van der Waals surface area contributed by atoms with Crippen molar-refractivity contribution < 1.29 is 14.3 Å². The summed E-state index contributed by atoms with van der Waals surface area (Å²) in [6.45, 7) is 0.227. The molecule has 124 valence electrons. The topological polar surface area (TPSA) is 73.6 Å². The lowest BCUT2D eigenvalue weighted by Gasteiger charge is -2.32. The van der Waals surface area contributed by atoms with Crippen molar-refractivity contribution in [3.63, 3.8) is 0 Å². The van der Waals surface area contributed by atoms with Crippen LogP contribution in [0.1, 0.15) is 31.2 Å². The van der Waals surface area contributed by atoms with Gasteiger partial charge in [0.2, 0.25) is 5.91 Å². The number of ether oxygens (including phenoxy) is 2. The number of methoxy groups -OCH3 is 2. The molecule has 0 aliphatic heterocycles. The van der Waals surface area contributed by atoms with E-state index in [4.69, 9.17) is 15.2 Å². The van der Waals surface area contributed by atoms with Crippen molar-refractivity contribution >= 4 is 18.3 Å². The van der Waals surface area contributed by atoms with Crippen LogP contribution < -0.4 is 15.8 Å². The molecule has 22 heavy (non-hydrogen) atoms. The van der Waals surface area contributed by atoms with Crippen molar-refractivity contribution in [2.75, 3.05) is 20.8 Å². The van der Waals surface area contributed by atoms with Gasteiger partial charge in [0.05, 0.1) is 19.3 Å². The third-order valence-corrected chi connectivity index (χ3v) is 4.15. The first-order valence-electron chi connectivity index (χ1n) is 7.32. The molecule has 3 N–H and O–H groups in total. The van der Waals surface area contributed by atoms with Gasteiger partial charge in [0.25, 0.3) is 0 Å². The van der Waals surface area contributed by atoms with Gasteiger partial charge in [-0.15, -0.1) is 12.4 Å². The van der Waals surface area contributed by atoms with E-state index in [1.165, 1.54) is 0 Å². The molecule has 0 aromatic heterocycles. The van der Waals surface area contributed by atoms with E-state index in [0.717, 1.165) is 37.0 Å². The molecule has 1 aliphatic rings. The number of nitrogens with two attached hydrogens (primary N) is 1. The molecular formula is C16H25ClN2O3. The summed E-state index contributed by atoms with van der Waals surface area (Å²) in [6, 6.07) is 7.26. The van der Waals surface area contributed by atoms with Crippen molar-refractivity contribution in [1.82, 2.24) is 5.32 Å². The zero-order valence-electron chi connectivity index (χ0n) is 13.1. The van der Waals surface area contributed by atoms with Crippen molar-refractivity contribution in [3.05, 3.63) is 29.8 Å². The Bertz CT molecular complexity index is 473. The van der Waals surface area contributed by atoms with Crippen LogP contribution in [-0.4, -0.2) is 32.8 Å². The molecule has 0 saturated heterocycles. The number of nitrogens with one attached hydrogen (secondary N) is 1. The Kier molecular flexibility index (Phi) is 7.13. The number of benzene rings is 1. The molecule has 1 atom stereocenters. The highest BCUT2D eigenvalue weighted by Crippen LogP contribution is 2.39. The normalized spacial score (nSPS) is 17.4. The molecule has 6 heteroatoms. The number of rotatable bonds is 6. The first-order chi connectivity index (χ1) is 10.1. The van der Waals surface area contributed by atoms with Gasteiger partial charge in [-0.25, -0.2) is 0 Å². The van der Waals surface area contributed by atoms with Gasteiger partial charge in [-0.3, -0.25) is 4.79 Å². The second-order valence-corrected chi connectivity index (χ2v) is 5.57. The first kappa shape index (κ1) is 18.7. The van der Waals surface area contributed by atoms with Gasteiger partial charge in [-0.2, -0.15) is 0 Å². The largest absolute Gasteiger partial charge is 0.497 e. The van der Waals surface area contributed by atoms with E-state index in [-0.39, 0.29) is 30.5 Å². The monoisotopic (exact) mass is 328 g/mol. The second kappa shape index (κ2) is 8.36. The van der Waals surface area contributed by atoms with E-state index < -0.39 is 6.04 Å². The lowest BCUT2D eigenvalue weighted by atomic mass is 9.87. The molecule has 2 rings (SSSR count). The molecule has 0 radical (unpaired) electrons. The van der Waals surface area contributed by atoms with E-state index >= 15 is 0 Å². The van der Waals surface area contributed by atoms with E-state index in [0.29, 0.717) is 0 Å². The van der Waals surface area contributed by atoms with E-state index in [1.807, 2.05) is 24.3 Å². The Balaban J connectivity index is 0.00000242. The maximum Gasteiger partial charge on any atom is 0.239 e. The molecular weight excluding hydrogens is 304 g/mol. The molecule has 1 amide bonds. The number of carbonyl (C=O) groups excluding carboxylic acids is 1. The summed E-state index contributed by atoms with van der Waals surface area (Å²) in [6.07, 6.45) is 4.08. The van der Waals surface area contributed by atoms with Gasteiger partial charge in [0.1, 0.15) is 11.8 Å². The van der Waals surface area contributed by atoms with Crippen molar-refractivity contribution in [2.24, 2.45) is 5.73 Å². The average Bonchev–Trinajstić information content (AvgIpc) is 2.97. The lowest BCUT2D eigenvalue weighted by Crippen LogP contribution is -2.52. The molecule has 1 aliphatic carbocycles. The van der Waals surface area contributed by atoms with E-state index in [2.05, 4.69) is 5.32 Å². The highest BCUT2D eigenvalue weighted by Gasteiger charge is 2.37. The third kappa shape index (κ3) is 4.12. The summed E-state index contributed by atoms with van der Waals surface area (Å²) in [5.74, 6) is 0.656. The standard InChI is InChI=1S/C16H24N2O3.ClH/c1-20-11-14(17)15(19)18-16(9-3-4-10-16)12-5-7-13(21-2)8-6-12;/h5-8,14H,3-4,9-11,17H2,1-2H3,(H,18,19);1H. The minimum atomic E-state index is -0.634. The molecule has 1 aromatic rings. The number of amides is 1. The van der Waals surface area contributed by atoms with Crippen LogP contribution in [0.2, 0.25) is 0 Å². The zero-order chi connectivity index (χ0) is 15.3. The first-order valence-corrected chi connectivity index (χ1v) is 7.32.